The van der Waals surface area contributed by atoms with Gasteiger partial charge in [-0.15, -0.1) is 12.4 Å². The van der Waals surface area contributed by atoms with E-state index in [0.717, 1.165) is 22.5 Å². The molecule has 1 aliphatic heterocycles. The summed E-state index contributed by atoms with van der Waals surface area (Å²) in [5, 5.41) is 7.78. The first-order valence-corrected chi connectivity index (χ1v) is 9.50. The lowest BCUT2D eigenvalue weighted by atomic mass is 9.90. The second-order valence-electron chi connectivity index (χ2n) is 7.10. The van der Waals surface area contributed by atoms with Crippen molar-refractivity contribution in [1.29, 1.82) is 0 Å². The Bertz CT molecular complexity index is 938. The molecule has 6 nitrogen and oxygen atoms in total. The fourth-order valence-corrected chi connectivity index (χ4v) is 3.41. The van der Waals surface area contributed by atoms with Gasteiger partial charge in [0, 0.05) is 37.1 Å². The number of nitrogens with zero attached hydrogens (tertiary/aromatic N) is 2. The maximum absolute atomic E-state index is 12.7. The van der Waals surface area contributed by atoms with E-state index in [0.29, 0.717) is 32.6 Å². The van der Waals surface area contributed by atoms with Crippen LogP contribution in [0.2, 0.25) is 0 Å². The van der Waals surface area contributed by atoms with Gasteiger partial charge in [0.2, 0.25) is 5.91 Å². The molecule has 29 heavy (non-hydrogen) atoms. The van der Waals surface area contributed by atoms with Crippen LogP contribution in [0.15, 0.2) is 66.9 Å². The average Bonchev–Trinajstić information content (AvgIpc) is 3.18. The van der Waals surface area contributed by atoms with Gasteiger partial charge in [-0.3, -0.25) is 4.79 Å². The maximum Gasteiger partial charge on any atom is 0.240 e. The van der Waals surface area contributed by atoms with Gasteiger partial charge in [-0.1, -0.05) is 48.5 Å². The molecule has 1 fully saturated rings. The zero-order valence-electron chi connectivity index (χ0n) is 16.1. The van der Waals surface area contributed by atoms with Crippen LogP contribution in [0.1, 0.15) is 18.4 Å². The molecule has 0 bridgehead atoms. The SMILES string of the molecule is Cl.NC1(C(=O)NCc2cn(-c3ccccc3)nc2-c2ccccc2)CCOCC1. The van der Waals surface area contributed by atoms with Gasteiger partial charge >= 0.3 is 0 Å². The number of hydrogen-bond acceptors (Lipinski definition) is 4. The van der Waals surface area contributed by atoms with Gasteiger partial charge in [-0.2, -0.15) is 5.10 Å². The third kappa shape index (κ3) is 4.67. The Morgan fingerprint density at radius 3 is 2.34 bits per heavy atom. The van der Waals surface area contributed by atoms with E-state index in [2.05, 4.69) is 5.32 Å². The van der Waals surface area contributed by atoms with E-state index in [1.807, 2.05) is 71.5 Å². The summed E-state index contributed by atoms with van der Waals surface area (Å²) < 4.78 is 7.18. The first kappa shape index (κ1) is 21.0. The van der Waals surface area contributed by atoms with Crippen LogP contribution < -0.4 is 11.1 Å². The van der Waals surface area contributed by atoms with Crippen molar-refractivity contribution in [2.24, 2.45) is 5.73 Å². The summed E-state index contributed by atoms with van der Waals surface area (Å²) in [5.41, 5.74) is 9.21. The Balaban J connectivity index is 0.00000240. The van der Waals surface area contributed by atoms with Crippen LogP contribution in [0.4, 0.5) is 0 Å². The van der Waals surface area contributed by atoms with Gasteiger partial charge in [0.05, 0.1) is 16.9 Å². The fourth-order valence-electron chi connectivity index (χ4n) is 3.41. The zero-order chi connectivity index (χ0) is 19.4. The first-order chi connectivity index (χ1) is 13.7. The Morgan fingerprint density at radius 2 is 1.69 bits per heavy atom. The second kappa shape index (κ2) is 9.22. The second-order valence-corrected chi connectivity index (χ2v) is 7.10. The van der Waals surface area contributed by atoms with Gasteiger partial charge in [-0.05, 0) is 25.0 Å². The molecular weight excluding hydrogens is 388 g/mol. The van der Waals surface area contributed by atoms with Gasteiger partial charge in [0.1, 0.15) is 0 Å². The van der Waals surface area contributed by atoms with Crippen molar-refractivity contribution in [2.75, 3.05) is 13.2 Å². The molecule has 0 atom stereocenters. The lowest BCUT2D eigenvalue weighted by Crippen LogP contribution is -2.56. The molecular formula is C22H25ClN4O2. The average molecular weight is 413 g/mol. The number of benzene rings is 2. The molecule has 4 rings (SSSR count). The molecule has 0 spiro atoms. The lowest BCUT2D eigenvalue weighted by Gasteiger charge is -2.31. The van der Waals surface area contributed by atoms with Crippen molar-refractivity contribution >= 4 is 18.3 Å². The minimum absolute atomic E-state index is 0. The smallest absolute Gasteiger partial charge is 0.240 e. The van der Waals surface area contributed by atoms with Crippen molar-refractivity contribution in [3.63, 3.8) is 0 Å². The molecule has 0 radical (unpaired) electrons. The molecule has 0 aliphatic carbocycles. The van der Waals surface area contributed by atoms with Crippen molar-refractivity contribution in [3.8, 4) is 16.9 Å². The summed E-state index contributed by atoms with van der Waals surface area (Å²) in [4.78, 5) is 12.7. The number of nitrogens with one attached hydrogen (secondary N) is 1. The van der Waals surface area contributed by atoms with Crippen LogP contribution in [0.5, 0.6) is 0 Å². The number of carbonyl (C=O) groups is 1. The predicted molar refractivity (Wildman–Crippen MR) is 115 cm³/mol. The van der Waals surface area contributed by atoms with Gasteiger partial charge in [-0.25, -0.2) is 4.68 Å². The Kier molecular flexibility index (Phi) is 6.69. The molecule has 1 aromatic heterocycles. The molecule has 1 amide bonds. The van der Waals surface area contributed by atoms with Gasteiger partial charge < -0.3 is 15.8 Å². The highest BCUT2D eigenvalue weighted by molar-refractivity contribution is 5.86. The number of nitrogens with two attached hydrogens (primary N) is 1. The number of amides is 1. The van der Waals surface area contributed by atoms with Crippen LogP contribution in [0, 0.1) is 0 Å². The van der Waals surface area contributed by atoms with E-state index in [1.165, 1.54) is 0 Å². The molecule has 3 N–H and O–H groups in total. The summed E-state index contributed by atoms with van der Waals surface area (Å²) in [6, 6.07) is 19.9. The highest BCUT2D eigenvalue weighted by Gasteiger charge is 2.35. The van der Waals surface area contributed by atoms with E-state index in [9.17, 15) is 4.79 Å². The van der Waals surface area contributed by atoms with Crippen molar-refractivity contribution in [3.05, 3.63) is 72.4 Å². The maximum atomic E-state index is 12.7. The molecule has 3 aromatic rings. The topological polar surface area (TPSA) is 82.2 Å². The van der Waals surface area contributed by atoms with E-state index < -0.39 is 5.54 Å². The van der Waals surface area contributed by atoms with E-state index in [-0.39, 0.29) is 18.3 Å². The van der Waals surface area contributed by atoms with Crippen LogP contribution >= 0.6 is 12.4 Å². The number of rotatable bonds is 5. The summed E-state index contributed by atoms with van der Waals surface area (Å²) in [6.07, 6.45) is 3.03. The molecule has 152 valence electrons. The number of hydrogen-bond donors (Lipinski definition) is 2. The molecule has 2 heterocycles. The van der Waals surface area contributed by atoms with E-state index >= 15 is 0 Å². The highest BCUT2D eigenvalue weighted by atomic mass is 35.5. The van der Waals surface area contributed by atoms with Crippen LogP contribution in [0.3, 0.4) is 0 Å². The van der Waals surface area contributed by atoms with Crippen molar-refractivity contribution < 1.29 is 9.53 Å². The number of aromatic nitrogens is 2. The molecule has 0 saturated carbocycles. The predicted octanol–water partition coefficient (Wildman–Crippen LogP) is 3.09. The first-order valence-electron chi connectivity index (χ1n) is 9.50. The van der Waals surface area contributed by atoms with Gasteiger partial charge in [0.15, 0.2) is 0 Å². The normalized spacial score (nSPS) is 15.3. The Hall–Kier alpha value is -2.67. The van der Waals surface area contributed by atoms with E-state index in [1.54, 1.807) is 0 Å². The largest absolute Gasteiger partial charge is 0.381 e. The molecule has 1 saturated heterocycles. The van der Waals surface area contributed by atoms with Crippen molar-refractivity contribution in [1.82, 2.24) is 15.1 Å². The number of halogens is 1. The van der Waals surface area contributed by atoms with Crippen LogP contribution in [-0.2, 0) is 16.1 Å². The summed E-state index contributed by atoms with van der Waals surface area (Å²) in [5.74, 6) is -0.137. The van der Waals surface area contributed by atoms with E-state index in [4.69, 9.17) is 15.6 Å². The number of carbonyl (C=O) groups excluding carboxylic acids is 1. The minimum Gasteiger partial charge on any atom is -0.381 e. The number of ether oxygens (including phenoxy) is 1. The number of para-hydroxylation sites is 1. The fraction of sp³-hybridized carbons (Fsp3) is 0.273. The summed E-state index contributed by atoms with van der Waals surface area (Å²) >= 11 is 0. The third-order valence-electron chi connectivity index (χ3n) is 5.13. The van der Waals surface area contributed by atoms with Gasteiger partial charge in [0.25, 0.3) is 0 Å². The van der Waals surface area contributed by atoms with Crippen LogP contribution in [-0.4, -0.2) is 34.4 Å². The molecule has 0 unspecified atom stereocenters. The Morgan fingerprint density at radius 1 is 1.07 bits per heavy atom. The highest BCUT2D eigenvalue weighted by Crippen LogP contribution is 2.24. The standard InChI is InChI=1S/C22H24N4O2.ClH/c23-22(11-13-28-14-12-22)21(27)24-15-18-16-26(19-9-5-2-6-10-19)25-20(18)17-7-3-1-4-8-17;/h1-10,16H,11-15,23H2,(H,24,27);1H. The summed E-state index contributed by atoms with van der Waals surface area (Å²) in [7, 11) is 0. The monoisotopic (exact) mass is 412 g/mol. The minimum atomic E-state index is -0.861. The third-order valence-corrected chi connectivity index (χ3v) is 5.13. The van der Waals surface area contributed by atoms with Crippen LogP contribution in [0.25, 0.3) is 16.9 Å². The molecule has 2 aromatic carbocycles. The molecule has 1 aliphatic rings. The Labute approximate surface area is 176 Å². The summed E-state index contributed by atoms with van der Waals surface area (Å²) in [6.45, 7) is 1.41. The van der Waals surface area contributed by atoms with Crippen molar-refractivity contribution in [2.45, 2.75) is 24.9 Å². The quantitative estimate of drug-likeness (QED) is 0.674. The lowest BCUT2D eigenvalue weighted by molar-refractivity contribution is -0.129. The zero-order valence-corrected chi connectivity index (χ0v) is 16.9. The molecule has 7 heteroatoms.